The monoisotopic (exact) mass is 289 g/mol. The Bertz CT molecular complexity index is 491. The molecule has 114 valence electrons. The van der Waals surface area contributed by atoms with Crippen molar-refractivity contribution in [3.05, 3.63) is 54.3 Å². The standard InChI is InChI=1S/C17H23NO3/c1-13-7-9-16(10-8-13)21-12-14(2)15(3)18-11-5-4-6-17(19)20/h5,7-11,15,18H,2,4,6,12H2,1,3H3,(H,19,20)/b11-5+. The Labute approximate surface area is 126 Å². The number of carboxylic acids is 1. The lowest BCUT2D eigenvalue weighted by Crippen LogP contribution is -2.25. The van der Waals surface area contributed by atoms with Crippen LogP contribution in [0.15, 0.2) is 48.7 Å². The number of nitrogens with one attached hydrogen (secondary N) is 1. The Hall–Kier alpha value is -2.23. The molecule has 1 rings (SSSR count). The minimum Gasteiger partial charge on any atom is -0.489 e. The highest BCUT2D eigenvalue weighted by Crippen LogP contribution is 2.13. The van der Waals surface area contributed by atoms with Crippen LogP contribution < -0.4 is 10.1 Å². The minimum absolute atomic E-state index is 0.0662. The van der Waals surface area contributed by atoms with Crippen LogP contribution in [0.1, 0.15) is 25.3 Å². The summed E-state index contributed by atoms with van der Waals surface area (Å²) in [5.41, 5.74) is 2.13. The number of allylic oxidation sites excluding steroid dienone is 1. The van der Waals surface area contributed by atoms with E-state index < -0.39 is 5.97 Å². The molecule has 0 bridgehead atoms. The third-order valence-electron chi connectivity index (χ3n) is 3.05. The molecule has 4 heteroatoms. The van der Waals surface area contributed by atoms with Crippen molar-refractivity contribution in [2.75, 3.05) is 6.61 Å². The number of hydrogen-bond donors (Lipinski definition) is 2. The summed E-state index contributed by atoms with van der Waals surface area (Å²) in [6, 6.07) is 7.95. The van der Waals surface area contributed by atoms with Gasteiger partial charge in [-0.05, 0) is 44.2 Å². The van der Waals surface area contributed by atoms with Gasteiger partial charge in [0.1, 0.15) is 12.4 Å². The molecule has 2 N–H and O–H groups in total. The first-order valence-corrected chi connectivity index (χ1v) is 6.99. The van der Waals surface area contributed by atoms with Crippen molar-refractivity contribution < 1.29 is 14.6 Å². The van der Waals surface area contributed by atoms with E-state index in [1.807, 2.05) is 38.1 Å². The van der Waals surface area contributed by atoms with Gasteiger partial charge in [0.15, 0.2) is 0 Å². The first-order valence-electron chi connectivity index (χ1n) is 6.99. The lowest BCUT2D eigenvalue weighted by Gasteiger charge is -2.16. The predicted molar refractivity (Wildman–Crippen MR) is 84.4 cm³/mol. The first-order chi connectivity index (χ1) is 9.99. The SMILES string of the molecule is C=C(COc1ccc(C)cc1)C(C)N/C=C/CCC(=O)O. The maximum atomic E-state index is 10.4. The summed E-state index contributed by atoms with van der Waals surface area (Å²) >= 11 is 0. The number of rotatable bonds is 9. The molecular formula is C17H23NO3. The van der Waals surface area contributed by atoms with Crippen LogP contribution in [-0.4, -0.2) is 23.7 Å². The molecule has 0 aromatic heterocycles. The van der Waals surface area contributed by atoms with E-state index in [-0.39, 0.29) is 12.5 Å². The Morgan fingerprint density at radius 3 is 2.71 bits per heavy atom. The maximum absolute atomic E-state index is 10.4. The van der Waals surface area contributed by atoms with E-state index in [1.165, 1.54) is 5.56 Å². The minimum atomic E-state index is -0.788. The molecule has 1 atom stereocenters. The van der Waals surface area contributed by atoms with Gasteiger partial charge in [0, 0.05) is 12.5 Å². The third kappa shape index (κ3) is 7.20. The summed E-state index contributed by atoms with van der Waals surface area (Å²) < 4.78 is 5.66. The maximum Gasteiger partial charge on any atom is 0.303 e. The van der Waals surface area contributed by atoms with Crippen molar-refractivity contribution in [1.29, 1.82) is 0 Å². The van der Waals surface area contributed by atoms with Gasteiger partial charge in [-0.1, -0.05) is 30.4 Å². The Balaban J connectivity index is 2.27. The third-order valence-corrected chi connectivity index (χ3v) is 3.05. The van der Waals surface area contributed by atoms with E-state index >= 15 is 0 Å². The molecule has 4 nitrogen and oxygen atoms in total. The van der Waals surface area contributed by atoms with E-state index in [9.17, 15) is 4.79 Å². The van der Waals surface area contributed by atoms with E-state index in [1.54, 1.807) is 12.3 Å². The zero-order valence-electron chi connectivity index (χ0n) is 12.6. The van der Waals surface area contributed by atoms with Crippen molar-refractivity contribution in [2.45, 2.75) is 32.7 Å². The van der Waals surface area contributed by atoms with Crippen LogP contribution >= 0.6 is 0 Å². The fourth-order valence-electron chi connectivity index (χ4n) is 1.56. The lowest BCUT2D eigenvalue weighted by atomic mass is 10.1. The number of aliphatic carboxylic acids is 1. The fraction of sp³-hybridized carbons (Fsp3) is 0.353. The Morgan fingerprint density at radius 1 is 1.43 bits per heavy atom. The molecule has 1 aromatic rings. The summed E-state index contributed by atoms with van der Waals surface area (Å²) in [6.07, 6.45) is 4.23. The molecule has 0 aliphatic rings. The van der Waals surface area contributed by atoms with Gasteiger partial charge in [0.2, 0.25) is 0 Å². The van der Waals surface area contributed by atoms with Crippen molar-refractivity contribution in [2.24, 2.45) is 0 Å². The van der Waals surface area contributed by atoms with E-state index in [0.29, 0.717) is 13.0 Å². The molecule has 0 fully saturated rings. The number of carboxylic acid groups (broad SMARTS) is 1. The number of benzene rings is 1. The van der Waals surface area contributed by atoms with Crippen molar-refractivity contribution in [3.63, 3.8) is 0 Å². The Kier molecular flexibility index (Phi) is 7.09. The average molecular weight is 289 g/mol. The molecule has 1 aromatic carbocycles. The molecule has 0 saturated heterocycles. The summed E-state index contributed by atoms with van der Waals surface area (Å²) in [5, 5.41) is 11.7. The summed E-state index contributed by atoms with van der Waals surface area (Å²) in [6.45, 7) is 8.47. The van der Waals surface area contributed by atoms with E-state index in [2.05, 4.69) is 11.9 Å². The van der Waals surface area contributed by atoms with Crippen molar-refractivity contribution in [1.82, 2.24) is 5.32 Å². The molecule has 0 aliphatic carbocycles. The van der Waals surface area contributed by atoms with Gasteiger partial charge in [-0.3, -0.25) is 4.79 Å². The first kappa shape index (κ1) is 16.8. The van der Waals surface area contributed by atoms with Gasteiger partial charge in [-0.15, -0.1) is 0 Å². The van der Waals surface area contributed by atoms with Crippen LogP contribution in [0.4, 0.5) is 0 Å². The second-order valence-corrected chi connectivity index (χ2v) is 4.98. The summed E-state index contributed by atoms with van der Waals surface area (Å²) in [7, 11) is 0. The molecule has 0 spiro atoms. The van der Waals surface area contributed by atoms with Gasteiger partial charge in [-0.2, -0.15) is 0 Å². The van der Waals surface area contributed by atoms with Crippen molar-refractivity contribution >= 4 is 5.97 Å². The molecule has 1 unspecified atom stereocenters. The molecule has 0 amide bonds. The molecule has 0 aliphatic heterocycles. The normalized spacial score (nSPS) is 12.1. The number of hydrogen-bond acceptors (Lipinski definition) is 3. The van der Waals surface area contributed by atoms with E-state index in [0.717, 1.165) is 11.3 Å². The van der Waals surface area contributed by atoms with Gasteiger partial charge in [0.25, 0.3) is 0 Å². The molecule has 21 heavy (non-hydrogen) atoms. The molecule has 0 saturated carbocycles. The molecule has 0 heterocycles. The van der Waals surface area contributed by atoms with E-state index in [4.69, 9.17) is 9.84 Å². The lowest BCUT2D eigenvalue weighted by molar-refractivity contribution is -0.136. The fourth-order valence-corrected chi connectivity index (χ4v) is 1.56. The highest BCUT2D eigenvalue weighted by molar-refractivity contribution is 5.66. The average Bonchev–Trinajstić information content (AvgIpc) is 2.45. The molecule has 0 radical (unpaired) electrons. The van der Waals surface area contributed by atoms with Crippen molar-refractivity contribution in [3.8, 4) is 5.75 Å². The number of ether oxygens (including phenoxy) is 1. The highest BCUT2D eigenvalue weighted by Gasteiger charge is 2.05. The zero-order valence-corrected chi connectivity index (χ0v) is 12.6. The summed E-state index contributed by atoms with van der Waals surface area (Å²) in [4.78, 5) is 10.4. The smallest absolute Gasteiger partial charge is 0.303 e. The number of carbonyl (C=O) groups is 1. The van der Waals surface area contributed by atoms with Crippen LogP contribution in [0, 0.1) is 6.92 Å². The summed E-state index contributed by atoms with van der Waals surface area (Å²) in [5.74, 6) is 0.0366. The topological polar surface area (TPSA) is 58.6 Å². The highest BCUT2D eigenvalue weighted by atomic mass is 16.5. The molecular weight excluding hydrogens is 266 g/mol. The quantitative estimate of drug-likeness (QED) is 0.685. The van der Waals surface area contributed by atoms with Gasteiger partial charge in [-0.25, -0.2) is 0 Å². The van der Waals surface area contributed by atoms with Crippen LogP contribution in [0.5, 0.6) is 5.75 Å². The number of aryl methyl sites for hydroxylation is 1. The van der Waals surface area contributed by atoms with Crippen LogP contribution in [-0.2, 0) is 4.79 Å². The largest absolute Gasteiger partial charge is 0.489 e. The van der Waals surface area contributed by atoms with Crippen LogP contribution in [0.3, 0.4) is 0 Å². The van der Waals surface area contributed by atoms with Crippen LogP contribution in [0.2, 0.25) is 0 Å². The second kappa shape index (κ2) is 8.84. The van der Waals surface area contributed by atoms with Gasteiger partial charge < -0.3 is 15.2 Å². The second-order valence-electron chi connectivity index (χ2n) is 4.98. The van der Waals surface area contributed by atoms with Gasteiger partial charge in [0.05, 0.1) is 0 Å². The predicted octanol–water partition coefficient (Wildman–Crippen LogP) is 3.29. The van der Waals surface area contributed by atoms with Crippen LogP contribution in [0.25, 0.3) is 0 Å². The van der Waals surface area contributed by atoms with Gasteiger partial charge >= 0.3 is 5.97 Å². The zero-order chi connectivity index (χ0) is 15.7. The Morgan fingerprint density at radius 2 is 2.10 bits per heavy atom.